The molecule has 0 radical (unpaired) electrons. The molecule has 0 amide bonds. The fourth-order valence-corrected chi connectivity index (χ4v) is 4.44. The predicted molar refractivity (Wildman–Crippen MR) is 109 cm³/mol. The summed E-state index contributed by atoms with van der Waals surface area (Å²) in [6.07, 6.45) is 1.75. The Bertz CT molecular complexity index is 1140. The lowest BCUT2D eigenvalue weighted by atomic mass is 10.1. The predicted octanol–water partition coefficient (Wildman–Crippen LogP) is 5.51. The van der Waals surface area contributed by atoms with Crippen LogP contribution in [-0.4, -0.2) is 25.9 Å². The van der Waals surface area contributed by atoms with Crippen molar-refractivity contribution >= 4 is 55.5 Å². The SMILES string of the molecule is CC(Sc1cc2ncccc2n1-c1ccc(Br)c2ccccc12)C(=O)O. The third-order valence-corrected chi connectivity index (χ3v) is 6.06. The van der Waals surface area contributed by atoms with E-state index in [0.29, 0.717) is 0 Å². The zero-order chi connectivity index (χ0) is 18.3. The van der Waals surface area contributed by atoms with Crippen LogP contribution >= 0.6 is 27.7 Å². The first-order valence-corrected chi connectivity index (χ1v) is 9.77. The summed E-state index contributed by atoms with van der Waals surface area (Å²) in [5.41, 5.74) is 2.81. The number of hydrogen-bond donors (Lipinski definition) is 1. The fourth-order valence-electron chi connectivity index (χ4n) is 3.02. The van der Waals surface area contributed by atoms with Gasteiger partial charge in [-0.25, -0.2) is 0 Å². The number of fused-ring (bicyclic) bond motifs is 2. The van der Waals surface area contributed by atoms with Crippen molar-refractivity contribution < 1.29 is 9.90 Å². The molecule has 0 spiro atoms. The average Bonchev–Trinajstić information content (AvgIpc) is 3.00. The molecule has 1 N–H and O–H groups in total. The van der Waals surface area contributed by atoms with Crippen LogP contribution in [0.1, 0.15) is 6.92 Å². The van der Waals surface area contributed by atoms with Gasteiger partial charge in [0.2, 0.25) is 0 Å². The number of nitrogens with zero attached hydrogens (tertiary/aromatic N) is 2. The molecule has 0 fully saturated rings. The highest BCUT2D eigenvalue weighted by molar-refractivity contribution is 9.10. The summed E-state index contributed by atoms with van der Waals surface area (Å²) < 4.78 is 3.13. The Hall–Kier alpha value is -2.31. The molecule has 26 heavy (non-hydrogen) atoms. The van der Waals surface area contributed by atoms with Crippen molar-refractivity contribution in [2.45, 2.75) is 17.2 Å². The van der Waals surface area contributed by atoms with E-state index in [1.54, 1.807) is 13.1 Å². The number of carbonyl (C=O) groups is 1. The minimum absolute atomic E-state index is 0.556. The first kappa shape index (κ1) is 17.1. The lowest BCUT2D eigenvalue weighted by Crippen LogP contribution is -2.12. The maximum absolute atomic E-state index is 11.4. The topological polar surface area (TPSA) is 55.1 Å². The molecular weight excluding hydrogens is 412 g/mol. The Balaban J connectivity index is 2.02. The van der Waals surface area contributed by atoms with Crippen LogP contribution in [0.4, 0.5) is 0 Å². The van der Waals surface area contributed by atoms with Crippen LogP contribution in [0.5, 0.6) is 0 Å². The highest BCUT2D eigenvalue weighted by atomic mass is 79.9. The highest BCUT2D eigenvalue weighted by Crippen LogP contribution is 2.36. The van der Waals surface area contributed by atoms with Gasteiger partial charge in [0.25, 0.3) is 0 Å². The number of thioether (sulfide) groups is 1. The minimum atomic E-state index is -0.833. The van der Waals surface area contributed by atoms with Gasteiger partial charge in [-0.3, -0.25) is 9.78 Å². The van der Waals surface area contributed by atoms with E-state index in [4.69, 9.17) is 0 Å². The van der Waals surface area contributed by atoms with E-state index in [1.165, 1.54) is 11.8 Å². The molecule has 1 unspecified atom stereocenters. The number of carboxylic acids is 1. The summed E-state index contributed by atoms with van der Waals surface area (Å²) >= 11 is 4.94. The molecular formula is C20H15BrN2O2S. The maximum atomic E-state index is 11.4. The minimum Gasteiger partial charge on any atom is -0.480 e. The van der Waals surface area contributed by atoms with E-state index in [0.717, 1.165) is 37.0 Å². The van der Waals surface area contributed by atoms with Crippen LogP contribution in [0, 0.1) is 0 Å². The molecule has 2 aromatic heterocycles. The van der Waals surface area contributed by atoms with Crippen molar-refractivity contribution in [3.05, 3.63) is 65.3 Å². The number of aromatic nitrogens is 2. The van der Waals surface area contributed by atoms with Gasteiger partial charge in [-0.1, -0.05) is 52.0 Å². The van der Waals surface area contributed by atoms with Gasteiger partial charge < -0.3 is 9.67 Å². The molecule has 4 nitrogen and oxygen atoms in total. The summed E-state index contributed by atoms with van der Waals surface area (Å²) in [4.78, 5) is 15.8. The maximum Gasteiger partial charge on any atom is 0.316 e. The standard InChI is InChI=1S/C20H15BrN2O2S/c1-12(20(24)25)26-19-11-16-18(7-4-10-22-16)23(19)17-9-8-15(21)13-5-2-3-6-14(13)17/h2-12H,1H3,(H,24,25). The normalized spacial score (nSPS) is 12.5. The van der Waals surface area contributed by atoms with Crippen molar-refractivity contribution in [3.63, 3.8) is 0 Å². The largest absolute Gasteiger partial charge is 0.480 e. The Labute approximate surface area is 163 Å². The van der Waals surface area contributed by atoms with E-state index in [-0.39, 0.29) is 0 Å². The lowest BCUT2D eigenvalue weighted by Gasteiger charge is -2.15. The zero-order valence-electron chi connectivity index (χ0n) is 13.9. The molecule has 6 heteroatoms. The Kier molecular flexibility index (Phi) is 4.46. The van der Waals surface area contributed by atoms with Crippen molar-refractivity contribution in [3.8, 4) is 5.69 Å². The van der Waals surface area contributed by atoms with Crippen LogP contribution in [0.15, 0.2) is 70.3 Å². The quantitative estimate of drug-likeness (QED) is 0.437. The molecule has 0 saturated heterocycles. The Morgan fingerprint density at radius 3 is 2.69 bits per heavy atom. The van der Waals surface area contributed by atoms with Crippen LogP contribution in [-0.2, 0) is 4.79 Å². The van der Waals surface area contributed by atoms with Crippen LogP contribution in [0.25, 0.3) is 27.5 Å². The average molecular weight is 427 g/mol. The summed E-state index contributed by atoms with van der Waals surface area (Å²) in [6.45, 7) is 1.70. The van der Waals surface area contributed by atoms with Crippen molar-refractivity contribution in [2.24, 2.45) is 0 Å². The van der Waals surface area contributed by atoms with Gasteiger partial charge in [0.1, 0.15) is 5.25 Å². The van der Waals surface area contributed by atoms with E-state index < -0.39 is 11.2 Å². The van der Waals surface area contributed by atoms with Gasteiger partial charge >= 0.3 is 5.97 Å². The van der Waals surface area contributed by atoms with Gasteiger partial charge in [0.15, 0.2) is 0 Å². The van der Waals surface area contributed by atoms with E-state index >= 15 is 0 Å². The van der Waals surface area contributed by atoms with Crippen LogP contribution in [0.3, 0.4) is 0 Å². The van der Waals surface area contributed by atoms with Crippen molar-refractivity contribution in [1.82, 2.24) is 9.55 Å². The van der Waals surface area contributed by atoms with Gasteiger partial charge in [-0.05, 0) is 42.6 Å². The fraction of sp³-hybridized carbons (Fsp3) is 0.100. The Morgan fingerprint density at radius 1 is 1.15 bits per heavy atom. The molecule has 1 atom stereocenters. The van der Waals surface area contributed by atoms with Gasteiger partial charge in [-0.15, -0.1) is 0 Å². The van der Waals surface area contributed by atoms with Crippen molar-refractivity contribution in [1.29, 1.82) is 0 Å². The molecule has 0 aliphatic rings. The number of halogens is 1. The highest BCUT2D eigenvalue weighted by Gasteiger charge is 2.19. The number of benzene rings is 2. The van der Waals surface area contributed by atoms with E-state index in [1.807, 2.05) is 42.5 Å². The summed E-state index contributed by atoms with van der Waals surface area (Å²) in [5.74, 6) is -0.833. The third kappa shape index (κ3) is 2.89. The molecule has 4 rings (SSSR count). The number of aliphatic carboxylic acids is 1. The van der Waals surface area contributed by atoms with Gasteiger partial charge in [0, 0.05) is 16.1 Å². The Morgan fingerprint density at radius 2 is 1.92 bits per heavy atom. The first-order valence-electron chi connectivity index (χ1n) is 8.10. The van der Waals surface area contributed by atoms with E-state index in [2.05, 4.69) is 37.6 Å². The third-order valence-electron chi connectivity index (χ3n) is 4.27. The van der Waals surface area contributed by atoms with Gasteiger partial charge in [-0.2, -0.15) is 0 Å². The number of carboxylic acid groups (broad SMARTS) is 1. The van der Waals surface area contributed by atoms with Crippen LogP contribution < -0.4 is 0 Å². The molecule has 0 saturated carbocycles. The second-order valence-electron chi connectivity index (χ2n) is 5.94. The summed E-state index contributed by atoms with van der Waals surface area (Å²) in [5, 5.41) is 11.8. The summed E-state index contributed by atoms with van der Waals surface area (Å²) in [6, 6.07) is 18.1. The molecule has 0 aliphatic heterocycles. The molecule has 0 aliphatic carbocycles. The smallest absolute Gasteiger partial charge is 0.316 e. The van der Waals surface area contributed by atoms with Gasteiger partial charge in [0.05, 0.1) is 21.7 Å². The number of pyridine rings is 1. The first-order chi connectivity index (χ1) is 12.6. The zero-order valence-corrected chi connectivity index (χ0v) is 16.3. The van der Waals surface area contributed by atoms with Crippen molar-refractivity contribution in [2.75, 3.05) is 0 Å². The second kappa shape index (κ2) is 6.78. The number of rotatable bonds is 4. The molecule has 2 heterocycles. The molecule has 4 aromatic rings. The van der Waals surface area contributed by atoms with E-state index in [9.17, 15) is 9.90 Å². The molecule has 2 aromatic carbocycles. The van der Waals surface area contributed by atoms with Crippen LogP contribution in [0.2, 0.25) is 0 Å². The number of hydrogen-bond acceptors (Lipinski definition) is 3. The molecule has 0 bridgehead atoms. The monoisotopic (exact) mass is 426 g/mol. The molecule has 130 valence electrons. The summed E-state index contributed by atoms with van der Waals surface area (Å²) in [7, 11) is 0. The lowest BCUT2D eigenvalue weighted by molar-refractivity contribution is -0.136. The second-order valence-corrected chi connectivity index (χ2v) is 8.15.